The number of aliphatic hydroxyl groups is 1. The summed E-state index contributed by atoms with van der Waals surface area (Å²) in [4.78, 5) is 0.580. The highest BCUT2D eigenvalue weighted by atomic mass is 32.2. The van der Waals surface area contributed by atoms with Crippen molar-refractivity contribution < 1.29 is 18.6 Å². The van der Waals surface area contributed by atoms with E-state index in [4.69, 9.17) is 4.74 Å². The number of rotatable bonds is 7. The lowest BCUT2D eigenvalue weighted by molar-refractivity contribution is 0.0398. The van der Waals surface area contributed by atoms with E-state index in [9.17, 15) is 13.9 Å². The molecular formula is C16H16F2O2S. The van der Waals surface area contributed by atoms with Crippen LogP contribution in [-0.2, 0) is 11.3 Å². The fourth-order valence-electron chi connectivity index (χ4n) is 1.69. The van der Waals surface area contributed by atoms with Crippen molar-refractivity contribution in [3.8, 4) is 0 Å². The largest absolute Gasteiger partial charge is 0.390 e. The van der Waals surface area contributed by atoms with E-state index in [1.165, 1.54) is 17.8 Å². The molecule has 0 radical (unpaired) electrons. The van der Waals surface area contributed by atoms with Gasteiger partial charge < -0.3 is 9.84 Å². The number of hydrogen-bond acceptors (Lipinski definition) is 3. The topological polar surface area (TPSA) is 29.5 Å². The molecule has 1 N–H and O–H groups in total. The zero-order valence-electron chi connectivity index (χ0n) is 11.3. The van der Waals surface area contributed by atoms with Crippen LogP contribution in [0.4, 0.5) is 8.78 Å². The first-order valence-corrected chi connectivity index (χ1v) is 7.51. The van der Waals surface area contributed by atoms with Gasteiger partial charge in [0, 0.05) is 10.6 Å². The third-order valence-electron chi connectivity index (χ3n) is 2.76. The Morgan fingerprint density at radius 1 is 1.05 bits per heavy atom. The first-order valence-electron chi connectivity index (χ1n) is 6.53. The molecule has 0 aliphatic rings. The quantitative estimate of drug-likeness (QED) is 0.792. The van der Waals surface area contributed by atoms with Crippen molar-refractivity contribution in [2.24, 2.45) is 0 Å². The van der Waals surface area contributed by atoms with Crippen LogP contribution in [0.2, 0.25) is 0 Å². The van der Waals surface area contributed by atoms with Gasteiger partial charge in [-0.1, -0.05) is 30.3 Å². The molecule has 21 heavy (non-hydrogen) atoms. The van der Waals surface area contributed by atoms with Gasteiger partial charge in [-0.3, -0.25) is 0 Å². The second kappa shape index (κ2) is 8.12. The van der Waals surface area contributed by atoms with Gasteiger partial charge in [0.2, 0.25) is 0 Å². The highest BCUT2D eigenvalue weighted by molar-refractivity contribution is 7.99. The number of hydrogen-bond donors (Lipinski definition) is 1. The first kappa shape index (κ1) is 15.9. The molecule has 0 fully saturated rings. The van der Waals surface area contributed by atoms with E-state index < -0.39 is 17.7 Å². The molecule has 2 aromatic rings. The van der Waals surface area contributed by atoms with Crippen LogP contribution in [0.3, 0.4) is 0 Å². The normalized spacial score (nSPS) is 12.3. The van der Waals surface area contributed by atoms with Crippen molar-refractivity contribution in [2.45, 2.75) is 17.6 Å². The van der Waals surface area contributed by atoms with E-state index in [0.29, 0.717) is 17.3 Å². The Bertz CT molecular complexity index is 563. The number of thioether (sulfide) groups is 1. The molecule has 0 spiro atoms. The van der Waals surface area contributed by atoms with Gasteiger partial charge in [0.1, 0.15) is 0 Å². The molecule has 112 valence electrons. The summed E-state index contributed by atoms with van der Waals surface area (Å²) in [5.74, 6) is -1.39. The Morgan fingerprint density at radius 3 is 2.52 bits per heavy atom. The number of benzene rings is 2. The van der Waals surface area contributed by atoms with Gasteiger partial charge >= 0.3 is 0 Å². The molecule has 2 aromatic carbocycles. The van der Waals surface area contributed by atoms with E-state index in [0.717, 1.165) is 17.7 Å². The molecule has 0 saturated carbocycles. The Hall–Kier alpha value is -1.43. The van der Waals surface area contributed by atoms with Crippen molar-refractivity contribution in [1.82, 2.24) is 0 Å². The van der Waals surface area contributed by atoms with Crippen molar-refractivity contribution in [3.05, 3.63) is 65.7 Å². The number of ether oxygens (including phenoxy) is 1. The molecule has 0 saturated heterocycles. The number of halogens is 2. The summed E-state index contributed by atoms with van der Waals surface area (Å²) in [7, 11) is 0. The van der Waals surface area contributed by atoms with E-state index in [1.54, 1.807) is 0 Å². The van der Waals surface area contributed by atoms with Crippen molar-refractivity contribution >= 4 is 11.8 Å². The fraction of sp³-hybridized carbons (Fsp3) is 0.250. The van der Waals surface area contributed by atoms with Crippen LogP contribution >= 0.6 is 11.8 Å². The van der Waals surface area contributed by atoms with Crippen LogP contribution in [0.5, 0.6) is 0 Å². The van der Waals surface area contributed by atoms with E-state index in [-0.39, 0.29) is 6.61 Å². The van der Waals surface area contributed by atoms with Gasteiger partial charge in [-0.15, -0.1) is 11.8 Å². The maximum Gasteiger partial charge on any atom is 0.159 e. The SMILES string of the molecule is OC(COCc1ccccc1)CSc1ccc(F)c(F)c1. The van der Waals surface area contributed by atoms with Crippen LogP contribution < -0.4 is 0 Å². The summed E-state index contributed by atoms with van der Waals surface area (Å²) in [6.45, 7) is 0.638. The molecule has 1 unspecified atom stereocenters. The van der Waals surface area contributed by atoms with Crippen LogP contribution in [-0.4, -0.2) is 23.6 Å². The maximum atomic E-state index is 13.0. The predicted octanol–water partition coefficient (Wildman–Crippen LogP) is 3.63. The summed E-state index contributed by atoms with van der Waals surface area (Å²) >= 11 is 1.26. The van der Waals surface area contributed by atoms with Crippen LogP contribution in [0.15, 0.2) is 53.4 Å². The lowest BCUT2D eigenvalue weighted by Gasteiger charge is -2.11. The van der Waals surface area contributed by atoms with Gasteiger partial charge in [-0.2, -0.15) is 0 Å². The Morgan fingerprint density at radius 2 is 1.81 bits per heavy atom. The molecule has 1 atom stereocenters. The second-order valence-electron chi connectivity index (χ2n) is 4.54. The zero-order valence-corrected chi connectivity index (χ0v) is 12.2. The van der Waals surface area contributed by atoms with Crippen LogP contribution in [0.25, 0.3) is 0 Å². The Kier molecular flexibility index (Phi) is 6.17. The van der Waals surface area contributed by atoms with Crippen molar-refractivity contribution in [1.29, 1.82) is 0 Å². The molecule has 0 heterocycles. The highest BCUT2D eigenvalue weighted by Crippen LogP contribution is 2.21. The molecule has 2 nitrogen and oxygen atoms in total. The zero-order chi connectivity index (χ0) is 15.1. The third-order valence-corrected chi connectivity index (χ3v) is 3.89. The van der Waals surface area contributed by atoms with E-state index in [2.05, 4.69) is 0 Å². The second-order valence-corrected chi connectivity index (χ2v) is 5.63. The summed E-state index contributed by atoms with van der Waals surface area (Å²) in [6, 6.07) is 13.4. The smallest absolute Gasteiger partial charge is 0.159 e. The molecule has 0 aliphatic carbocycles. The standard InChI is InChI=1S/C16H16F2O2S/c17-15-7-6-14(8-16(15)18)21-11-13(19)10-20-9-12-4-2-1-3-5-12/h1-8,13,19H,9-11H2. The minimum atomic E-state index is -0.880. The summed E-state index contributed by atoms with van der Waals surface area (Å²) in [6.07, 6.45) is -0.660. The molecule has 0 aliphatic heterocycles. The average molecular weight is 310 g/mol. The lowest BCUT2D eigenvalue weighted by Crippen LogP contribution is -2.17. The molecule has 2 rings (SSSR count). The van der Waals surface area contributed by atoms with Crippen molar-refractivity contribution in [2.75, 3.05) is 12.4 Å². The highest BCUT2D eigenvalue weighted by Gasteiger charge is 2.08. The van der Waals surface area contributed by atoms with Gasteiger partial charge in [0.05, 0.1) is 19.3 Å². The van der Waals surface area contributed by atoms with E-state index in [1.807, 2.05) is 30.3 Å². The maximum absolute atomic E-state index is 13.0. The Balaban J connectivity index is 1.69. The summed E-state index contributed by atoms with van der Waals surface area (Å²) in [5, 5.41) is 9.80. The van der Waals surface area contributed by atoms with Gasteiger partial charge in [-0.25, -0.2) is 8.78 Å². The summed E-state index contributed by atoms with van der Waals surface area (Å²) in [5.41, 5.74) is 1.04. The Labute approximate surface area is 126 Å². The van der Waals surface area contributed by atoms with Gasteiger partial charge in [-0.05, 0) is 23.8 Å². The molecule has 5 heteroatoms. The molecular weight excluding hydrogens is 294 g/mol. The minimum absolute atomic E-state index is 0.200. The summed E-state index contributed by atoms with van der Waals surface area (Å²) < 4.78 is 31.2. The van der Waals surface area contributed by atoms with Gasteiger partial charge in [0.15, 0.2) is 11.6 Å². The minimum Gasteiger partial charge on any atom is -0.390 e. The van der Waals surface area contributed by atoms with E-state index >= 15 is 0 Å². The molecule has 0 bridgehead atoms. The fourth-order valence-corrected chi connectivity index (χ4v) is 2.53. The van der Waals surface area contributed by atoms with Crippen molar-refractivity contribution in [3.63, 3.8) is 0 Å². The first-order chi connectivity index (χ1) is 10.1. The van der Waals surface area contributed by atoms with Crippen LogP contribution in [0.1, 0.15) is 5.56 Å². The predicted molar refractivity (Wildman–Crippen MR) is 79.2 cm³/mol. The average Bonchev–Trinajstić information content (AvgIpc) is 2.49. The third kappa shape index (κ3) is 5.46. The molecule has 0 aromatic heterocycles. The monoisotopic (exact) mass is 310 g/mol. The van der Waals surface area contributed by atoms with Gasteiger partial charge in [0.25, 0.3) is 0 Å². The number of aliphatic hydroxyl groups excluding tert-OH is 1. The van der Waals surface area contributed by atoms with Crippen LogP contribution in [0, 0.1) is 11.6 Å². The molecule has 0 amide bonds. The lowest BCUT2D eigenvalue weighted by atomic mass is 10.2.